The Morgan fingerprint density at radius 2 is 1.02 bits per heavy atom. The largest absolute Gasteiger partial charge is 1.00 e. The molecular weight excluding hydrogens is 631 g/mol. The number of hydrogen-bond donors (Lipinski definition) is 0. The summed E-state index contributed by atoms with van der Waals surface area (Å²) < 4.78 is 7.70. The fourth-order valence-corrected chi connectivity index (χ4v) is 18.2. The second kappa shape index (κ2) is 14.3. The Kier molecular flexibility index (Phi) is 10.5. The van der Waals surface area contributed by atoms with Gasteiger partial charge in [0.05, 0.1) is 0 Å². The second-order valence-electron chi connectivity index (χ2n) is 11.1. The summed E-state index contributed by atoms with van der Waals surface area (Å²) >= 11 is -2.19. The molecule has 44 heavy (non-hydrogen) atoms. The van der Waals surface area contributed by atoms with Crippen molar-refractivity contribution in [1.29, 1.82) is 0 Å². The third-order valence-corrected chi connectivity index (χ3v) is 21.7. The van der Waals surface area contributed by atoms with Crippen LogP contribution in [0, 0.1) is 0 Å². The number of hydrogen-bond acceptors (Lipinski definition) is 1. The first-order chi connectivity index (χ1) is 20.7. The third-order valence-electron chi connectivity index (χ3n) is 8.64. The molecule has 0 heterocycles. The van der Waals surface area contributed by atoms with Crippen LogP contribution >= 0.6 is 0 Å². The van der Waals surface area contributed by atoms with Crippen LogP contribution in [0.1, 0.15) is 29.2 Å². The Bertz CT molecular complexity index is 1840. The van der Waals surface area contributed by atoms with Gasteiger partial charge in [0, 0.05) is 0 Å². The molecule has 6 aromatic carbocycles. The van der Waals surface area contributed by atoms with Gasteiger partial charge >= 0.3 is 257 Å². The van der Waals surface area contributed by atoms with Crippen molar-refractivity contribution in [1.82, 2.24) is 0 Å². The van der Waals surface area contributed by atoms with E-state index in [9.17, 15) is 0 Å². The maximum Gasteiger partial charge on any atom is -1.00 e. The minimum Gasteiger partial charge on any atom is -1.00 e. The summed E-state index contributed by atoms with van der Waals surface area (Å²) in [6, 6.07) is 53.8. The predicted octanol–water partition coefficient (Wildman–Crippen LogP) is 4.90. The standard InChI is InChI=1S/C25H17.C10H8O.C4H10Si.2ClH.Ti/c1-3-7-18(8-4-1)20-11-13-24-22(15-20)17-23-16-21(12-14-25(23)24)19-9-5-2-6-10-19;11-10-6-5-8-3-1-2-4-9(8)7-10;1-3-5-4-2;;;/h1-17H;1-7,11H;3-4H2,1-2H3;2*1H;/q;;;;;+3/p-3. The maximum atomic E-state index is 7.37. The molecule has 218 valence electrons. The van der Waals surface area contributed by atoms with Gasteiger partial charge in [-0.1, -0.05) is 0 Å². The molecule has 0 radical (unpaired) electrons. The van der Waals surface area contributed by atoms with E-state index in [-0.39, 0.29) is 24.8 Å². The predicted molar refractivity (Wildman–Crippen MR) is 176 cm³/mol. The quantitative estimate of drug-likeness (QED) is 0.221. The molecule has 0 bridgehead atoms. The van der Waals surface area contributed by atoms with E-state index in [0.717, 1.165) is 5.75 Å². The minimum absolute atomic E-state index is 0. The molecule has 1 nitrogen and oxygen atoms in total. The van der Waals surface area contributed by atoms with Gasteiger partial charge < -0.3 is 24.8 Å². The van der Waals surface area contributed by atoms with E-state index in [1.54, 1.807) is 0 Å². The Balaban J connectivity index is 0.00000192. The third kappa shape index (κ3) is 6.20. The van der Waals surface area contributed by atoms with E-state index in [0.29, 0.717) is 4.22 Å². The summed E-state index contributed by atoms with van der Waals surface area (Å²) in [5, 5.41) is 2.51. The van der Waals surface area contributed by atoms with Crippen molar-refractivity contribution >= 4 is 17.0 Å². The Morgan fingerprint density at radius 3 is 1.55 bits per heavy atom. The molecule has 1 aliphatic carbocycles. The molecule has 0 atom stereocenters. The fourth-order valence-electron chi connectivity index (χ4n) is 6.46. The summed E-state index contributed by atoms with van der Waals surface area (Å²) in [4.78, 5) is 0. The Morgan fingerprint density at radius 1 is 0.523 bits per heavy atom. The van der Waals surface area contributed by atoms with Gasteiger partial charge in [0.2, 0.25) is 0 Å². The van der Waals surface area contributed by atoms with Gasteiger partial charge in [0.25, 0.3) is 0 Å². The monoisotopic (exact) mass is 664 g/mol. The van der Waals surface area contributed by atoms with E-state index in [4.69, 9.17) is 3.32 Å². The van der Waals surface area contributed by atoms with Crippen molar-refractivity contribution in [3.8, 4) is 39.1 Å². The van der Waals surface area contributed by atoms with Crippen molar-refractivity contribution in [3.63, 3.8) is 0 Å². The molecule has 0 fully saturated rings. The normalized spacial score (nSPS) is 11.4. The zero-order valence-corrected chi connectivity index (χ0v) is 29.0. The first-order valence-corrected chi connectivity index (χ1v) is 20.8. The average molecular weight is 666 g/mol. The molecule has 0 aliphatic heterocycles. The van der Waals surface area contributed by atoms with Crippen LogP contribution in [0.15, 0.2) is 140 Å². The van der Waals surface area contributed by atoms with E-state index >= 15 is 0 Å². The summed E-state index contributed by atoms with van der Waals surface area (Å²) in [5.41, 5.74) is 10.8. The smallest absolute Gasteiger partial charge is 1.00 e. The van der Waals surface area contributed by atoms with Crippen LogP contribution < -0.4 is 28.1 Å². The zero-order valence-electron chi connectivity index (χ0n) is 24.9. The van der Waals surface area contributed by atoms with Crippen LogP contribution in [0.2, 0.25) is 12.1 Å². The summed E-state index contributed by atoms with van der Waals surface area (Å²) in [6.45, 7) is 4.79. The molecule has 0 amide bonds. The number of fused-ring (bicyclic) bond motifs is 4. The van der Waals surface area contributed by atoms with Gasteiger partial charge in [0.1, 0.15) is 0 Å². The summed E-state index contributed by atoms with van der Waals surface area (Å²) in [6.07, 6.45) is -0.687. The summed E-state index contributed by atoms with van der Waals surface area (Å²) in [5.74, 6) is 1.04. The van der Waals surface area contributed by atoms with Crippen LogP contribution in [-0.2, 0) is 17.0 Å². The zero-order chi connectivity index (χ0) is 28.5. The van der Waals surface area contributed by atoms with E-state index in [1.165, 1.54) is 67.4 Å². The minimum atomic E-state index is -2.19. The van der Waals surface area contributed by atoms with Gasteiger partial charge in [-0.3, -0.25) is 0 Å². The Labute approximate surface area is 280 Å². The van der Waals surface area contributed by atoms with Crippen LogP contribution in [0.4, 0.5) is 0 Å². The first-order valence-electron chi connectivity index (χ1n) is 15.0. The van der Waals surface area contributed by atoms with E-state index in [2.05, 4.69) is 153 Å². The average Bonchev–Trinajstić information content (AvgIpc) is 3.38. The van der Waals surface area contributed by atoms with E-state index < -0.39 is 23.2 Å². The van der Waals surface area contributed by atoms with Crippen molar-refractivity contribution in [3.05, 3.63) is 151 Å². The number of halogens is 2. The molecule has 6 aromatic rings. The molecule has 7 rings (SSSR count). The van der Waals surface area contributed by atoms with Gasteiger partial charge in [0.15, 0.2) is 0 Å². The van der Waals surface area contributed by atoms with Crippen LogP contribution in [-0.4, -0.2) is 6.19 Å². The van der Waals surface area contributed by atoms with Gasteiger partial charge in [-0.15, -0.1) is 0 Å². The van der Waals surface area contributed by atoms with Gasteiger partial charge in [-0.05, 0) is 0 Å². The van der Waals surface area contributed by atoms with Gasteiger partial charge in [-0.2, -0.15) is 0 Å². The fraction of sp³-hybridized carbons (Fsp3) is 0.128. The van der Waals surface area contributed by atoms with Crippen molar-refractivity contribution in [2.45, 2.75) is 30.2 Å². The van der Waals surface area contributed by atoms with Crippen LogP contribution in [0.3, 0.4) is 0 Å². The maximum absolute atomic E-state index is 7.37. The molecule has 1 aliphatic rings. The van der Waals surface area contributed by atoms with Crippen molar-refractivity contribution in [2.24, 2.45) is 0 Å². The van der Waals surface area contributed by atoms with Crippen molar-refractivity contribution in [2.75, 3.05) is 0 Å². The molecule has 0 saturated carbocycles. The van der Waals surface area contributed by atoms with Gasteiger partial charge in [-0.25, -0.2) is 0 Å². The number of rotatable bonds is 7. The Hall–Kier alpha value is -3.11. The van der Waals surface area contributed by atoms with E-state index in [1.807, 2.05) is 0 Å². The first kappa shape index (κ1) is 32.3. The second-order valence-corrected chi connectivity index (χ2v) is 21.4. The molecule has 0 spiro atoms. The molecular formula is C39H34Cl2OSiTi. The molecule has 0 aromatic heterocycles. The topological polar surface area (TPSA) is 9.23 Å². The number of benzene rings is 6. The SMILES string of the molecule is CC[Si](CC)=[Ti+2]([O]c1ccc2ccccc2c1)[CH]1c2cc(-c3ccccc3)ccc2-c2ccc(-c3ccccc3)cc21.[Cl-].[Cl-]. The molecule has 0 saturated heterocycles. The van der Waals surface area contributed by atoms with Crippen LogP contribution in [0.5, 0.6) is 5.75 Å². The summed E-state index contributed by atoms with van der Waals surface area (Å²) in [7, 11) is 0. The molecule has 5 heteroatoms. The molecule has 0 unspecified atom stereocenters. The molecule has 0 N–H and O–H groups in total. The van der Waals surface area contributed by atoms with Crippen molar-refractivity contribution < 1.29 is 45.1 Å². The van der Waals surface area contributed by atoms with Crippen LogP contribution in [0.25, 0.3) is 44.2 Å².